The molecule has 0 bridgehead atoms. The second-order valence-corrected chi connectivity index (χ2v) is 8.82. The van der Waals surface area contributed by atoms with Gasteiger partial charge in [0.2, 0.25) is 5.91 Å². The fraction of sp³-hybridized carbons (Fsp3) is 0.346. The predicted octanol–water partition coefficient (Wildman–Crippen LogP) is 3.78. The van der Waals surface area contributed by atoms with Crippen LogP contribution < -0.4 is 10.6 Å². The molecule has 0 spiro atoms. The molecule has 7 heteroatoms. The SMILES string of the molecule is O=C1Nc2ccccc2C1C1CCN(C(=O)NCc2ccnn2CCc2ccccc2)CC1. The second kappa shape index (κ2) is 9.48. The van der Waals surface area contributed by atoms with Crippen molar-refractivity contribution in [2.24, 2.45) is 5.92 Å². The smallest absolute Gasteiger partial charge is 0.317 e. The Bertz CT molecular complexity index is 1120. The van der Waals surface area contributed by atoms with Crippen LogP contribution in [0.1, 0.15) is 35.6 Å². The van der Waals surface area contributed by atoms with Crippen molar-refractivity contribution < 1.29 is 9.59 Å². The number of nitrogens with one attached hydrogen (secondary N) is 2. The number of para-hydroxylation sites is 1. The first-order valence-corrected chi connectivity index (χ1v) is 11.7. The van der Waals surface area contributed by atoms with Crippen molar-refractivity contribution in [3.63, 3.8) is 0 Å². The minimum atomic E-state index is -0.106. The number of carbonyl (C=O) groups is 2. The molecule has 1 atom stereocenters. The van der Waals surface area contributed by atoms with Gasteiger partial charge in [0.15, 0.2) is 0 Å². The monoisotopic (exact) mass is 443 g/mol. The molecule has 2 N–H and O–H groups in total. The van der Waals surface area contributed by atoms with E-state index in [2.05, 4.69) is 27.9 Å². The summed E-state index contributed by atoms with van der Waals surface area (Å²) < 4.78 is 1.95. The second-order valence-electron chi connectivity index (χ2n) is 8.82. The number of hydrogen-bond acceptors (Lipinski definition) is 3. The van der Waals surface area contributed by atoms with Gasteiger partial charge in [0.05, 0.1) is 18.2 Å². The lowest BCUT2D eigenvalue weighted by Gasteiger charge is -2.34. The summed E-state index contributed by atoms with van der Waals surface area (Å²) in [5.41, 5.74) is 4.28. The summed E-state index contributed by atoms with van der Waals surface area (Å²) in [4.78, 5) is 27.2. The maximum absolute atomic E-state index is 12.8. The largest absolute Gasteiger partial charge is 0.332 e. The third kappa shape index (κ3) is 4.62. The van der Waals surface area contributed by atoms with E-state index in [4.69, 9.17) is 0 Å². The van der Waals surface area contributed by atoms with E-state index in [1.54, 1.807) is 6.20 Å². The molecule has 3 amide bonds. The molecule has 1 unspecified atom stereocenters. The van der Waals surface area contributed by atoms with Crippen molar-refractivity contribution in [2.45, 2.75) is 38.3 Å². The van der Waals surface area contributed by atoms with Crippen LogP contribution in [0.25, 0.3) is 0 Å². The van der Waals surface area contributed by atoms with E-state index in [1.165, 1.54) is 5.56 Å². The van der Waals surface area contributed by atoms with Crippen LogP contribution in [-0.2, 0) is 24.3 Å². The zero-order valence-electron chi connectivity index (χ0n) is 18.6. The van der Waals surface area contributed by atoms with Gasteiger partial charge in [-0.25, -0.2) is 4.79 Å². The highest BCUT2D eigenvalue weighted by Gasteiger charge is 2.38. The number of carbonyl (C=O) groups excluding carboxylic acids is 2. The lowest BCUT2D eigenvalue weighted by Crippen LogP contribution is -2.45. The summed E-state index contributed by atoms with van der Waals surface area (Å²) in [6.07, 6.45) is 4.33. The maximum atomic E-state index is 12.8. The third-order valence-electron chi connectivity index (χ3n) is 6.81. The molecule has 33 heavy (non-hydrogen) atoms. The number of amides is 3. The number of fused-ring (bicyclic) bond motifs is 1. The highest BCUT2D eigenvalue weighted by molar-refractivity contribution is 6.03. The summed E-state index contributed by atoms with van der Waals surface area (Å²) in [5, 5.41) is 10.5. The Kier molecular flexibility index (Phi) is 6.11. The Labute approximate surface area is 193 Å². The van der Waals surface area contributed by atoms with E-state index in [1.807, 2.05) is 58.1 Å². The standard InChI is InChI=1S/C26H29N5O2/c32-25-24(22-8-4-5-9-23(22)29-25)20-12-15-30(16-13-20)26(33)27-18-21-10-14-28-31(21)17-11-19-6-2-1-3-7-19/h1-10,14,20,24H,11-13,15-18H2,(H,27,33)(H,29,32). The molecule has 0 aliphatic carbocycles. The minimum Gasteiger partial charge on any atom is -0.332 e. The van der Waals surface area contributed by atoms with Crippen LogP contribution in [-0.4, -0.2) is 39.7 Å². The summed E-state index contributed by atoms with van der Waals surface area (Å²) in [6.45, 7) is 2.55. The number of piperidine rings is 1. The Balaban J connectivity index is 1.12. The highest BCUT2D eigenvalue weighted by atomic mass is 16.2. The van der Waals surface area contributed by atoms with Crippen molar-refractivity contribution in [1.29, 1.82) is 0 Å². The molecule has 7 nitrogen and oxygen atoms in total. The van der Waals surface area contributed by atoms with Gasteiger partial charge in [-0.3, -0.25) is 9.48 Å². The Hall–Kier alpha value is -3.61. The van der Waals surface area contributed by atoms with E-state index >= 15 is 0 Å². The fourth-order valence-corrected chi connectivity index (χ4v) is 5.01. The topological polar surface area (TPSA) is 79.3 Å². The number of hydrogen-bond donors (Lipinski definition) is 2. The van der Waals surface area contributed by atoms with Crippen molar-refractivity contribution in [3.05, 3.63) is 83.7 Å². The van der Waals surface area contributed by atoms with Crippen LogP contribution >= 0.6 is 0 Å². The molecule has 0 saturated carbocycles. The van der Waals surface area contributed by atoms with Gasteiger partial charge in [-0.1, -0.05) is 48.5 Å². The lowest BCUT2D eigenvalue weighted by molar-refractivity contribution is -0.118. The summed E-state index contributed by atoms with van der Waals surface area (Å²) in [6, 6.07) is 20.2. The van der Waals surface area contributed by atoms with Crippen LogP contribution in [0, 0.1) is 5.92 Å². The first-order valence-electron chi connectivity index (χ1n) is 11.7. The van der Waals surface area contributed by atoms with E-state index in [0.717, 1.165) is 42.8 Å². The number of likely N-dealkylation sites (tertiary alicyclic amines) is 1. The van der Waals surface area contributed by atoms with Crippen LogP contribution in [0.4, 0.5) is 10.5 Å². The van der Waals surface area contributed by atoms with Gasteiger partial charge in [0.1, 0.15) is 0 Å². The van der Waals surface area contributed by atoms with Crippen LogP contribution in [0.3, 0.4) is 0 Å². The van der Waals surface area contributed by atoms with Gasteiger partial charge in [-0.2, -0.15) is 5.10 Å². The molecule has 5 rings (SSSR count). The lowest BCUT2D eigenvalue weighted by atomic mass is 9.81. The average molecular weight is 444 g/mol. The molecular formula is C26H29N5O2. The van der Waals surface area contributed by atoms with Gasteiger partial charge in [-0.15, -0.1) is 0 Å². The van der Waals surface area contributed by atoms with Crippen molar-refractivity contribution in [2.75, 3.05) is 18.4 Å². The molecule has 1 saturated heterocycles. The molecule has 1 aromatic heterocycles. The zero-order valence-corrected chi connectivity index (χ0v) is 18.6. The van der Waals surface area contributed by atoms with Gasteiger partial charge in [0.25, 0.3) is 0 Å². The fourth-order valence-electron chi connectivity index (χ4n) is 5.01. The van der Waals surface area contributed by atoms with Gasteiger partial charge in [-0.05, 0) is 48.4 Å². The number of aromatic nitrogens is 2. The molecule has 3 aromatic rings. The Morgan fingerprint density at radius 1 is 1.03 bits per heavy atom. The number of aryl methyl sites for hydroxylation is 2. The van der Waals surface area contributed by atoms with Crippen molar-refractivity contribution in [3.8, 4) is 0 Å². The molecular weight excluding hydrogens is 414 g/mol. The summed E-state index contributed by atoms with van der Waals surface area (Å²) in [5.74, 6) is 0.241. The highest BCUT2D eigenvalue weighted by Crippen LogP contribution is 2.41. The predicted molar refractivity (Wildman–Crippen MR) is 127 cm³/mol. The molecule has 2 aromatic carbocycles. The molecule has 1 fully saturated rings. The number of benzene rings is 2. The first kappa shape index (κ1) is 21.2. The van der Waals surface area contributed by atoms with Crippen molar-refractivity contribution >= 4 is 17.6 Å². The van der Waals surface area contributed by atoms with Gasteiger partial charge >= 0.3 is 6.03 Å². The van der Waals surface area contributed by atoms with Crippen LogP contribution in [0.5, 0.6) is 0 Å². The molecule has 2 aliphatic heterocycles. The third-order valence-corrected chi connectivity index (χ3v) is 6.81. The average Bonchev–Trinajstić information content (AvgIpc) is 3.44. The summed E-state index contributed by atoms with van der Waals surface area (Å²) >= 11 is 0. The molecule has 3 heterocycles. The summed E-state index contributed by atoms with van der Waals surface area (Å²) in [7, 11) is 0. The normalized spacial score (nSPS) is 18.1. The van der Waals surface area contributed by atoms with E-state index < -0.39 is 0 Å². The number of rotatable bonds is 6. The maximum Gasteiger partial charge on any atom is 0.317 e. The van der Waals surface area contributed by atoms with Crippen molar-refractivity contribution in [1.82, 2.24) is 20.0 Å². The Morgan fingerprint density at radius 3 is 2.61 bits per heavy atom. The minimum absolute atomic E-state index is 0.0551. The molecule has 2 aliphatic rings. The van der Waals surface area contributed by atoms with E-state index in [0.29, 0.717) is 19.6 Å². The number of nitrogens with zero attached hydrogens (tertiary/aromatic N) is 3. The molecule has 170 valence electrons. The number of urea groups is 1. The molecule has 0 radical (unpaired) electrons. The van der Waals surface area contributed by atoms with E-state index in [-0.39, 0.29) is 23.8 Å². The van der Waals surface area contributed by atoms with Crippen LogP contribution in [0.2, 0.25) is 0 Å². The number of anilines is 1. The van der Waals surface area contributed by atoms with Gasteiger partial charge in [0, 0.05) is 31.5 Å². The van der Waals surface area contributed by atoms with Crippen LogP contribution in [0.15, 0.2) is 66.9 Å². The first-order chi connectivity index (χ1) is 16.2. The zero-order chi connectivity index (χ0) is 22.6. The van der Waals surface area contributed by atoms with Gasteiger partial charge < -0.3 is 15.5 Å². The van der Waals surface area contributed by atoms with E-state index in [9.17, 15) is 9.59 Å². The quantitative estimate of drug-likeness (QED) is 0.609. The Morgan fingerprint density at radius 2 is 1.79 bits per heavy atom.